The smallest absolute Gasteiger partial charge is 0.354 e. The predicted octanol–water partition coefficient (Wildman–Crippen LogP) is 1.96. The fraction of sp³-hybridized carbons (Fsp3) is 0.286. The molecule has 0 atom stereocenters. The lowest BCUT2D eigenvalue weighted by molar-refractivity contribution is -0.116. The van der Waals surface area contributed by atoms with Crippen LogP contribution >= 0.6 is 0 Å². The average molecular weight is 289 g/mol. The topological polar surface area (TPSA) is 105 Å². The molecule has 2 rings (SSSR count). The number of anilines is 1. The second-order valence-corrected chi connectivity index (χ2v) is 4.59. The first-order chi connectivity index (χ1) is 9.97. The van der Waals surface area contributed by atoms with Crippen LogP contribution in [-0.2, 0) is 11.2 Å². The molecule has 1 amide bonds. The average Bonchev–Trinajstić information content (AvgIpc) is 2.76. The summed E-state index contributed by atoms with van der Waals surface area (Å²) in [6.45, 7) is 3.63. The van der Waals surface area contributed by atoms with Gasteiger partial charge in [0.1, 0.15) is 11.5 Å². The summed E-state index contributed by atoms with van der Waals surface area (Å²) in [4.78, 5) is 26.4. The molecular formula is C14H15N3O4. The van der Waals surface area contributed by atoms with Crippen molar-refractivity contribution in [3.05, 3.63) is 41.0 Å². The molecule has 7 nitrogen and oxygen atoms in total. The molecule has 0 aliphatic rings. The maximum Gasteiger partial charge on any atom is 0.354 e. The fourth-order valence-corrected chi connectivity index (χ4v) is 1.95. The number of hydrogen-bond donors (Lipinski definition) is 2. The lowest BCUT2D eigenvalue weighted by Gasteiger charge is -2.05. The van der Waals surface area contributed by atoms with Crippen molar-refractivity contribution in [3.63, 3.8) is 0 Å². The van der Waals surface area contributed by atoms with Crippen molar-refractivity contribution in [1.29, 1.82) is 0 Å². The Kier molecular flexibility index (Phi) is 4.32. The number of carbonyl (C=O) groups is 2. The van der Waals surface area contributed by atoms with Gasteiger partial charge in [0, 0.05) is 23.9 Å². The van der Waals surface area contributed by atoms with Crippen molar-refractivity contribution >= 4 is 17.6 Å². The number of nitrogens with one attached hydrogen (secondary N) is 1. The van der Waals surface area contributed by atoms with Gasteiger partial charge in [0.2, 0.25) is 5.91 Å². The summed E-state index contributed by atoms with van der Waals surface area (Å²) in [7, 11) is 0. The first kappa shape index (κ1) is 14.7. The molecule has 0 radical (unpaired) electrons. The number of aromatic nitrogens is 2. The van der Waals surface area contributed by atoms with Gasteiger partial charge in [-0.15, -0.1) is 0 Å². The molecule has 0 saturated heterocycles. The highest BCUT2D eigenvalue weighted by molar-refractivity contribution is 5.93. The zero-order valence-electron chi connectivity index (χ0n) is 11.7. The van der Waals surface area contributed by atoms with Gasteiger partial charge in [0.25, 0.3) is 0 Å². The second-order valence-electron chi connectivity index (χ2n) is 4.59. The fourth-order valence-electron chi connectivity index (χ4n) is 1.95. The summed E-state index contributed by atoms with van der Waals surface area (Å²) >= 11 is 0. The maximum absolute atomic E-state index is 11.9. The largest absolute Gasteiger partial charge is 0.477 e. The first-order valence-electron chi connectivity index (χ1n) is 6.38. The van der Waals surface area contributed by atoms with Crippen LogP contribution in [0, 0.1) is 13.8 Å². The Morgan fingerprint density at radius 3 is 2.76 bits per heavy atom. The normalized spacial score (nSPS) is 10.4. The highest BCUT2D eigenvalue weighted by Gasteiger charge is 2.12. The van der Waals surface area contributed by atoms with E-state index in [0.29, 0.717) is 17.9 Å². The summed E-state index contributed by atoms with van der Waals surface area (Å²) in [5.74, 6) is -0.642. The molecule has 0 aliphatic carbocycles. The number of aryl methyl sites for hydroxylation is 2. The summed E-state index contributed by atoms with van der Waals surface area (Å²) < 4.78 is 5.03. The molecule has 0 unspecified atom stereocenters. The molecule has 0 bridgehead atoms. The maximum atomic E-state index is 11.9. The number of carbonyl (C=O) groups excluding carboxylic acids is 1. The molecule has 7 heteroatoms. The van der Waals surface area contributed by atoms with E-state index in [9.17, 15) is 9.59 Å². The molecule has 2 heterocycles. The highest BCUT2D eigenvalue weighted by Crippen LogP contribution is 2.15. The van der Waals surface area contributed by atoms with Crippen molar-refractivity contribution in [1.82, 2.24) is 10.1 Å². The summed E-state index contributed by atoms with van der Waals surface area (Å²) in [5, 5.41) is 15.3. The van der Waals surface area contributed by atoms with Crippen LogP contribution in [0.5, 0.6) is 0 Å². The molecule has 2 aromatic rings. The van der Waals surface area contributed by atoms with Crippen molar-refractivity contribution in [2.45, 2.75) is 26.7 Å². The quantitative estimate of drug-likeness (QED) is 0.871. The number of carboxylic acid groups (broad SMARTS) is 1. The summed E-state index contributed by atoms with van der Waals surface area (Å²) in [6, 6.07) is 2.86. The lowest BCUT2D eigenvalue weighted by Crippen LogP contribution is -2.13. The van der Waals surface area contributed by atoms with Crippen LogP contribution in [0.4, 0.5) is 5.69 Å². The number of nitrogens with zero attached hydrogens (tertiary/aromatic N) is 2. The third-order valence-corrected chi connectivity index (χ3v) is 3.05. The van der Waals surface area contributed by atoms with Crippen molar-refractivity contribution in [3.8, 4) is 0 Å². The third kappa shape index (κ3) is 3.65. The zero-order valence-corrected chi connectivity index (χ0v) is 11.7. The molecule has 0 aliphatic heterocycles. The second kappa shape index (κ2) is 6.17. The Bertz CT molecular complexity index is 659. The molecular weight excluding hydrogens is 274 g/mol. The van der Waals surface area contributed by atoms with Crippen LogP contribution in [0.2, 0.25) is 0 Å². The summed E-state index contributed by atoms with van der Waals surface area (Å²) in [6.07, 6.45) is 2.12. The minimum Gasteiger partial charge on any atom is -0.477 e. The van der Waals surface area contributed by atoms with Gasteiger partial charge in [-0.2, -0.15) is 0 Å². The molecule has 0 fully saturated rings. The number of hydrogen-bond acceptors (Lipinski definition) is 5. The Morgan fingerprint density at radius 2 is 2.14 bits per heavy atom. The van der Waals surface area contributed by atoms with E-state index in [1.807, 2.05) is 6.92 Å². The van der Waals surface area contributed by atoms with Crippen LogP contribution in [0.25, 0.3) is 0 Å². The Hall–Kier alpha value is -2.70. The van der Waals surface area contributed by atoms with Crippen LogP contribution in [0.3, 0.4) is 0 Å². The van der Waals surface area contributed by atoms with E-state index in [4.69, 9.17) is 9.63 Å². The van der Waals surface area contributed by atoms with Gasteiger partial charge in [0.15, 0.2) is 0 Å². The van der Waals surface area contributed by atoms with E-state index >= 15 is 0 Å². The Labute approximate surface area is 121 Å². The molecule has 0 spiro atoms. The van der Waals surface area contributed by atoms with Gasteiger partial charge >= 0.3 is 5.97 Å². The molecule has 0 aromatic carbocycles. The Morgan fingerprint density at radius 1 is 1.38 bits per heavy atom. The SMILES string of the molecule is Cc1noc(C)c1CCC(=O)Nc1ccnc(C(=O)O)c1. The minimum absolute atomic E-state index is 0.112. The number of aromatic carboxylic acids is 1. The van der Waals surface area contributed by atoms with Crippen molar-refractivity contribution in [2.24, 2.45) is 0 Å². The number of amides is 1. The number of pyridine rings is 1. The molecule has 21 heavy (non-hydrogen) atoms. The van der Waals surface area contributed by atoms with Crippen LogP contribution in [0.1, 0.15) is 33.9 Å². The monoisotopic (exact) mass is 289 g/mol. The van der Waals surface area contributed by atoms with Gasteiger partial charge in [-0.05, 0) is 32.4 Å². The van der Waals surface area contributed by atoms with E-state index in [1.54, 1.807) is 13.0 Å². The van der Waals surface area contributed by atoms with Crippen LogP contribution in [-0.4, -0.2) is 27.1 Å². The van der Waals surface area contributed by atoms with E-state index in [2.05, 4.69) is 15.5 Å². The third-order valence-electron chi connectivity index (χ3n) is 3.05. The predicted molar refractivity (Wildman–Crippen MR) is 74.1 cm³/mol. The van der Waals surface area contributed by atoms with Gasteiger partial charge in [-0.3, -0.25) is 4.79 Å². The van der Waals surface area contributed by atoms with E-state index in [-0.39, 0.29) is 18.0 Å². The molecule has 2 aromatic heterocycles. The standard InChI is InChI=1S/C14H15N3O4/c1-8-11(9(2)21-17-8)3-4-13(18)16-10-5-6-15-12(7-10)14(19)20/h5-7H,3-4H2,1-2H3,(H,19,20)(H,15,16,18). The van der Waals surface area contributed by atoms with Gasteiger partial charge in [-0.1, -0.05) is 5.16 Å². The summed E-state index contributed by atoms with van der Waals surface area (Å²) in [5.41, 5.74) is 1.99. The number of carboxylic acids is 1. The zero-order chi connectivity index (χ0) is 15.4. The molecule has 110 valence electrons. The lowest BCUT2D eigenvalue weighted by atomic mass is 10.1. The van der Waals surface area contributed by atoms with Crippen molar-refractivity contribution < 1.29 is 19.2 Å². The highest BCUT2D eigenvalue weighted by atomic mass is 16.5. The van der Waals surface area contributed by atoms with Crippen LogP contribution < -0.4 is 5.32 Å². The Balaban J connectivity index is 1.96. The molecule has 0 saturated carbocycles. The van der Waals surface area contributed by atoms with E-state index < -0.39 is 5.97 Å². The van der Waals surface area contributed by atoms with Gasteiger partial charge in [0.05, 0.1) is 5.69 Å². The number of rotatable bonds is 5. The van der Waals surface area contributed by atoms with Gasteiger partial charge < -0.3 is 14.9 Å². The van der Waals surface area contributed by atoms with Crippen LogP contribution in [0.15, 0.2) is 22.9 Å². The van der Waals surface area contributed by atoms with Gasteiger partial charge in [-0.25, -0.2) is 9.78 Å². The van der Waals surface area contributed by atoms with E-state index in [1.165, 1.54) is 12.3 Å². The first-order valence-corrected chi connectivity index (χ1v) is 6.38. The minimum atomic E-state index is -1.14. The molecule has 2 N–H and O–H groups in total. The van der Waals surface area contributed by atoms with Crippen molar-refractivity contribution in [2.75, 3.05) is 5.32 Å². The van der Waals surface area contributed by atoms with E-state index in [0.717, 1.165) is 11.3 Å².